The van der Waals surface area contributed by atoms with Crippen LogP contribution < -0.4 is 5.73 Å². The monoisotopic (exact) mass is 259 g/mol. The molecule has 104 valence electrons. The third kappa shape index (κ3) is 3.35. The summed E-state index contributed by atoms with van der Waals surface area (Å²) in [4.78, 5) is 0. The fourth-order valence-electron chi connectivity index (χ4n) is 2.70. The number of hydrogen-bond donors (Lipinski definition) is 1. The first-order valence-corrected chi connectivity index (χ1v) is 7.10. The van der Waals surface area contributed by atoms with E-state index in [2.05, 4.69) is 56.6 Å². The maximum Gasteiger partial charge on any atom is 0.0718 e. The highest BCUT2D eigenvalue weighted by atomic mass is 15.3. The van der Waals surface area contributed by atoms with Crippen LogP contribution in [-0.4, -0.2) is 15.8 Å². The van der Waals surface area contributed by atoms with E-state index in [1.54, 1.807) is 0 Å². The molecule has 2 aromatic rings. The molecule has 0 aliphatic rings. The average Bonchev–Trinajstić information content (AvgIpc) is 2.65. The van der Waals surface area contributed by atoms with Crippen LogP contribution in [0.15, 0.2) is 24.3 Å². The van der Waals surface area contributed by atoms with Crippen molar-refractivity contribution in [1.29, 1.82) is 0 Å². The summed E-state index contributed by atoms with van der Waals surface area (Å²) in [5, 5.41) is 5.96. The minimum atomic E-state index is 0.170. The summed E-state index contributed by atoms with van der Waals surface area (Å²) in [5.41, 5.74) is 8.90. The normalized spacial score (nSPS) is 13.9. The van der Waals surface area contributed by atoms with Crippen LogP contribution in [0.25, 0.3) is 10.9 Å². The van der Waals surface area contributed by atoms with Crippen molar-refractivity contribution in [2.45, 2.75) is 53.1 Å². The van der Waals surface area contributed by atoms with Gasteiger partial charge in [-0.05, 0) is 24.8 Å². The summed E-state index contributed by atoms with van der Waals surface area (Å²) >= 11 is 0. The molecule has 3 nitrogen and oxygen atoms in total. The second-order valence-corrected chi connectivity index (χ2v) is 6.51. The molecule has 0 saturated heterocycles. The van der Waals surface area contributed by atoms with E-state index >= 15 is 0 Å². The average molecular weight is 259 g/mol. The van der Waals surface area contributed by atoms with Crippen LogP contribution in [0, 0.1) is 5.41 Å². The lowest BCUT2D eigenvalue weighted by Crippen LogP contribution is -2.28. The van der Waals surface area contributed by atoms with E-state index < -0.39 is 0 Å². The van der Waals surface area contributed by atoms with E-state index in [9.17, 15) is 0 Å². The lowest BCUT2D eigenvalue weighted by molar-refractivity contribution is 0.337. The number of nitrogens with zero attached hydrogens (tertiary/aromatic N) is 2. The van der Waals surface area contributed by atoms with Gasteiger partial charge in [0.1, 0.15) is 0 Å². The summed E-state index contributed by atoms with van der Waals surface area (Å²) in [6.07, 6.45) is 1.87. The van der Waals surface area contributed by atoms with Gasteiger partial charge in [-0.15, -0.1) is 0 Å². The van der Waals surface area contributed by atoms with E-state index in [0.717, 1.165) is 25.1 Å². The van der Waals surface area contributed by atoms with Gasteiger partial charge in [0.05, 0.1) is 11.2 Å². The standard InChI is InChI=1S/C16H25N3/c1-5-19-15-9-7-6-8-13(15)14(18-19)10-12(17)11-16(2,3)4/h6-9,12H,5,10-11,17H2,1-4H3. The SMILES string of the molecule is CCn1nc(CC(N)CC(C)(C)C)c2ccccc21. The topological polar surface area (TPSA) is 43.8 Å². The van der Waals surface area contributed by atoms with Gasteiger partial charge >= 0.3 is 0 Å². The third-order valence-electron chi connectivity index (χ3n) is 3.36. The van der Waals surface area contributed by atoms with Crippen LogP contribution in [0.3, 0.4) is 0 Å². The van der Waals surface area contributed by atoms with Gasteiger partial charge in [0.15, 0.2) is 0 Å². The van der Waals surface area contributed by atoms with Gasteiger partial charge in [0, 0.05) is 24.4 Å². The minimum Gasteiger partial charge on any atom is -0.327 e. The number of rotatable bonds is 4. The van der Waals surface area contributed by atoms with Gasteiger partial charge < -0.3 is 5.73 Å². The van der Waals surface area contributed by atoms with Crippen LogP contribution in [0.2, 0.25) is 0 Å². The Hall–Kier alpha value is -1.35. The molecule has 0 radical (unpaired) electrons. The van der Waals surface area contributed by atoms with E-state index in [1.165, 1.54) is 10.9 Å². The second kappa shape index (κ2) is 5.33. The van der Waals surface area contributed by atoms with Crippen molar-refractivity contribution < 1.29 is 0 Å². The molecule has 0 saturated carbocycles. The van der Waals surface area contributed by atoms with E-state index in [4.69, 9.17) is 10.8 Å². The molecule has 2 N–H and O–H groups in total. The molecule has 3 heteroatoms. The van der Waals surface area contributed by atoms with Crippen molar-refractivity contribution in [3.05, 3.63) is 30.0 Å². The highest BCUT2D eigenvalue weighted by Gasteiger charge is 2.18. The molecule has 2 rings (SSSR count). The molecule has 0 amide bonds. The fraction of sp³-hybridized carbons (Fsp3) is 0.562. The zero-order valence-electron chi connectivity index (χ0n) is 12.5. The van der Waals surface area contributed by atoms with Crippen LogP contribution in [0.1, 0.15) is 39.8 Å². The number of para-hydroxylation sites is 1. The number of hydrogen-bond acceptors (Lipinski definition) is 2. The molecule has 0 spiro atoms. The molecular formula is C16H25N3. The zero-order valence-corrected chi connectivity index (χ0v) is 12.5. The van der Waals surface area contributed by atoms with Gasteiger partial charge in [-0.2, -0.15) is 5.10 Å². The van der Waals surface area contributed by atoms with Crippen molar-refractivity contribution in [1.82, 2.24) is 9.78 Å². The molecule has 0 bridgehead atoms. The maximum atomic E-state index is 6.28. The Kier molecular flexibility index (Phi) is 3.95. The summed E-state index contributed by atoms with van der Waals surface area (Å²) in [6, 6.07) is 8.58. The highest BCUT2D eigenvalue weighted by molar-refractivity contribution is 5.82. The Balaban J connectivity index is 2.26. The van der Waals surface area contributed by atoms with Gasteiger partial charge in [0.25, 0.3) is 0 Å². The smallest absolute Gasteiger partial charge is 0.0718 e. The predicted molar refractivity (Wildman–Crippen MR) is 81.2 cm³/mol. The third-order valence-corrected chi connectivity index (χ3v) is 3.36. The Morgan fingerprint density at radius 2 is 1.95 bits per heavy atom. The lowest BCUT2D eigenvalue weighted by Gasteiger charge is -2.22. The Morgan fingerprint density at radius 1 is 1.26 bits per heavy atom. The van der Waals surface area contributed by atoms with Gasteiger partial charge in [-0.3, -0.25) is 4.68 Å². The molecule has 0 fully saturated rings. The summed E-state index contributed by atoms with van der Waals surface area (Å²) in [5.74, 6) is 0. The summed E-state index contributed by atoms with van der Waals surface area (Å²) < 4.78 is 2.06. The molecule has 1 atom stereocenters. The fourth-order valence-corrected chi connectivity index (χ4v) is 2.70. The second-order valence-electron chi connectivity index (χ2n) is 6.51. The highest BCUT2D eigenvalue weighted by Crippen LogP contribution is 2.24. The molecular weight excluding hydrogens is 234 g/mol. The summed E-state index contributed by atoms with van der Waals surface area (Å²) in [6.45, 7) is 9.72. The lowest BCUT2D eigenvalue weighted by atomic mass is 9.87. The van der Waals surface area contributed by atoms with E-state index in [-0.39, 0.29) is 11.5 Å². The van der Waals surface area contributed by atoms with E-state index in [0.29, 0.717) is 0 Å². The maximum absolute atomic E-state index is 6.28. The predicted octanol–water partition coefficient (Wildman–Crippen LogP) is 3.36. The van der Waals surface area contributed by atoms with Crippen molar-refractivity contribution in [3.8, 4) is 0 Å². The largest absolute Gasteiger partial charge is 0.327 e. The first kappa shape index (κ1) is 14.1. The van der Waals surface area contributed by atoms with Crippen molar-refractivity contribution >= 4 is 10.9 Å². The molecule has 0 aliphatic heterocycles. The number of nitrogens with two attached hydrogens (primary N) is 1. The Labute approximate surface area is 115 Å². The van der Waals surface area contributed by atoms with Crippen LogP contribution in [0.4, 0.5) is 0 Å². The van der Waals surface area contributed by atoms with Gasteiger partial charge in [0.2, 0.25) is 0 Å². The number of fused-ring (bicyclic) bond motifs is 1. The quantitative estimate of drug-likeness (QED) is 0.915. The molecule has 0 aliphatic carbocycles. The van der Waals surface area contributed by atoms with Crippen LogP contribution >= 0.6 is 0 Å². The first-order valence-electron chi connectivity index (χ1n) is 7.10. The number of benzene rings is 1. The van der Waals surface area contributed by atoms with Gasteiger partial charge in [-0.1, -0.05) is 39.0 Å². The Bertz CT molecular complexity index is 549. The number of aryl methyl sites for hydroxylation is 1. The Morgan fingerprint density at radius 3 is 2.58 bits per heavy atom. The molecule has 1 heterocycles. The molecule has 1 aromatic carbocycles. The van der Waals surface area contributed by atoms with Crippen LogP contribution in [0.5, 0.6) is 0 Å². The van der Waals surface area contributed by atoms with Crippen LogP contribution in [-0.2, 0) is 13.0 Å². The minimum absolute atomic E-state index is 0.170. The van der Waals surface area contributed by atoms with Crippen molar-refractivity contribution in [2.24, 2.45) is 11.1 Å². The molecule has 1 aromatic heterocycles. The van der Waals surface area contributed by atoms with Gasteiger partial charge in [-0.25, -0.2) is 0 Å². The molecule has 19 heavy (non-hydrogen) atoms. The van der Waals surface area contributed by atoms with Crippen molar-refractivity contribution in [3.63, 3.8) is 0 Å². The zero-order chi connectivity index (χ0) is 14.0. The number of aromatic nitrogens is 2. The van der Waals surface area contributed by atoms with E-state index in [1.807, 2.05) is 0 Å². The summed E-state index contributed by atoms with van der Waals surface area (Å²) in [7, 11) is 0. The van der Waals surface area contributed by atoms with Crippen molar-refractivity contribution in [2.75, 3.05) is 0 Å². The molecule has 1 unspecified atom stereocenters. The first-order chi connectivity index (χ1) is 8.90.